The number of nitrogens with zero attached hydrogens (tertiary/aromatic N) is 1. The van der Waals surface area contributed by atoms with E-state index in [1.807, 2.05) is 0 Å². The fourth-order valence-corrected chi connectivity index (χ4v) is 4.17. The molecular formula is C34H62ClNO14. The molecule has 0 spiro atoms. The van der Waals surface area contributed by atoms with Gasteiger partial charge < -0.3 is 56.8 Å². The Morgan fingerprint density at radius 2 is 0.580 bits per heavy atom. The number of hydrogen-bond acceptors (Lipinski definition) is 14. The van der Waals surface area contributed by atoms with Gasteiger partial charge in [-0.25, -0.2) is 0 Å². The molecule has 0 radical (unpaired) electrons. The molecule has 294 valence electrons. The number of unbranched alkanes of at least 4 members (excludes halogenated alkanes) is 3. The van der Waals surface area contributed by atoms with E-state index in [0.29, 0.717) is 145 Å². The first-order valence-electron chi connectivity index (χ1n) is 17.8. The average Bonchev–Trinajstić information content (AvgIpc) is 3.44. The van der Waals surface area contributed by atoms with Crippen LogP contribution < -0.4 is 0 Å². The first-order chi connectivity index (χ1) is 24.8. The summed E-state index contributed by atoms with van der Waals surface area (Å²) in [6.45, 7) is 12.2. The van der Waals surface area contributed by atoms with Crippen molar-refractivity contribution in [3.05, 3.63) is 12.2 Å². The second-order valence-corrected chi connectivity index (χ2v) is 11.0. The Bertz CT molecular complexity index is 764. The van der Waals surface area contributed by atoms with Crippen molar-refractivity contribution in [2.24, 2.45) is 0 Å². The minimum Gasteiger partial charge on any atom is -0.379 e. The molecule has 15 nitrogen and oxygen atoms in total. The van der Waals surface area contributed by atoms with Crippen molar-refractivity contribution in [3.63, 3.8) is 0 Å². The lowest BCUT2D eigenvalue weighted by molar-refractivity contribution is -0.137. The molecule has 16 heteroatoms. The maximum Gasteiger partial charge on any atom is 0.253 e. The Morgan fingerprint density at radius 1 is 0.340 bits per heavy atom. The van der Waals surface area contributed by atoms with Crippen molar-refractivity contribution >= 4 is 23.4 Å². The summed E-state index contributed by atoms with van der Waals surface area (Å²) in [5, 5.41) is 0. The largest absolute Gasteiger partial charge is 0.379 e. The second-order valence-electron chi connectivity index (χ2n) is 10.6. The average molecular weight is 744 g/mol. The number of alkyl halides is 1. The summed E-state index contributed by atoms with van der Waals surface area (Å²) in [6, 6.07) is 0. The number of ether oxygens (including phenoxy) is 12. The Kier molecular flexibility index (Phi) is 36.4. The molecule has 0 N–H and O–H groups in total. The fraction of sp³-hybridized carbons (Fsp3) is 0.882. The normalized spacial score (nSPS) is 13.0. The molecule has 0 saturated heterocycles. The molecule has 0 aromatic carbocycles. The van der Waals surface area contributed by atoms with E-state index in [4.69, 9.17) is 68.4 Å². The third-order valence-electron chi connectivity index (χ3n) is 6.62. The highest BCUT2D eigenvalue weighted by Crippen LogP contribution is 2.03. The van der Waals surface area contributed by atoms with Gasteiger partial charge in [-0.2, -0.15) is 0 Å². The van der Waals surface area contributed by atoms with E-state index < -0.39 is 0 Å². The second kappa shape index (κ2) is 38.9. The van der Waals surface area contributed by atoms with Crippen LogP contribution in [0.4, 0.5) is 0 Å². The summed E-state index contributed by atoms with van der Waals surface area (Å²) in [7, 11) is 0. The molecule has 1 aliphatic rings. The van der Waals surface area contributed by atoms with Crippen LogP contribution in [0.25, 0.3) is 0 Å². The zero-order valence-corrected chi connectivity index (χ0v) is 30.7. The van der Waals surface area contributed by atoms with Gasteiger partial charge in [-0.15, -0.1) is 11.6 Å². The van der Waals surface area contributed by atoms with E-state index in [-0.39, 0.29) is 25.0 Å². The standard InChI is InChI=1S/C34H62ClNO14/c35-7-3-1-2-4-9-39-11-13-41-15-17-43-19-21-45-23-25-47-27-29-49-31-32-50-30-28-48-26-24-46-22-20-44-18-16-42-14-12-40-10-8-36-33(37)5-6-34(36)38/h5-6H,1-4,7-32H2. The molecule has 0 bridgehead atoms. The predicted molar refractivity (Wildman–Crippen MR) is 185 cm³/mol. The van der Waals surface area contributed by atoms with Gasteiger partial charge in [0.05, 0.1) is 159 Å². The summed E-state index contributed by atoms with van der Waals surface area (Å²) in [5.74, 6) is 0.125. The number of hydrogen-bond donors (Lipinski definition) is 0. The van der Waals surface area contributed by atoms with Gasteiger partial charge in [0.1, 0.15) is 0 Å². The molecule has 0 unspecified atom stereocenters. The highest BCUT2D eigenvalue weighted by atomic mass is 35.5. The van der Waals surface area contributed by atoms with Crippen LogP contribution in [0.3, 0.4) is 0 Å². The zero-order chi connectivity index (χ0) is 35.8. The number of rotatable bonds is 42. The maximum absolute atomic E-state index is 11.4. The molecule has 1 rings (SSSR count). The molecule has 0 fully saturated rings. The van der Waals surface area contributed by atoms with Gasteiger partial charge in [0.2, 0.25) is 0 Å². The molecule has 0 aromatic rings. The van der Waals surface area contributed by atoms with Crippen LogP contribution in [0.15, 0.2) is 12.2 Å². The highest BCUT2D eigenvalue weighted by molar-refractivity contribution is 6.17. The zero-order valence-electron chi connectivity index (χ0n) is 29.9. The van der Waals surface area contributed by atoms with Crippen LogP contribution in [0.2, 0.25) is 0 Å². The van der Waals surface area contributed by atoms with Crippen LogP contribution in [0.5, 0.6) is 0 Å². The van der Waals surface area contributed by atoms with Crippen LogP contribution in [-0.4, -0.2) is 188 Å². The van der Waals surface area contributed by atoms with E-state index in [9.17, 15) is 9.59 Å². The van der Waals surface area contributed by atoms with E-state index in [0.717, 1.165) is 36.6 Å². The van der Waals surface area contributed by atoms with Crippen LogP contribution >= 0.6 is 11.6 Å². The van der Waals surface area contributed by atoms with Gasteiger partial charge in [0.15, 0.2) is 0 Å². The minimum atomic E-state index is -0.307. The van der Waals surface area contributed by atoms with Gasteiger partial charge in [-0.1, -0.05) is 12.8 Å². The summed E-state index contributed by atoms with van der Waals surface area (Å²) in [5.41, 5.74) is 0. The van der Waals surface area contributed by atoms with E-state index >= 15 is 0 Å². The Balaban J connectivity index is 1.61. The lowest BCUT2D eigenvalue weighted by Crippen LogP contribution is -2.33. The minimum absolute atomic E-state index is 0.239. The third-order valence-corrected chi connectivity index (χ3v) is 6.89. The quantitative estimate of drug-likeness (QED) is 0.0509. The van der Waals surface area contributed by atoms with Gasteiger partial charge in [-0.3, -0.25) is 14.5 Å². The van der Waals surface area contributed by atoms with Crippen molar-refractivity contribution in [2.45, 2.75) is 25.7 Å². The molecule has 0 atom stereocenters. The first-order valence-corrected chi connectivity index (χ1v) is 18.3. The summed E-state index contributed by atoms with van der Waals surface area (Å²) in [4.78, 5) is 23.9. The van der Waals surface area contributed by atoms with Crippen molar-refractivity contribution in [2.75, 3.05) is 171 Å². The summed E-state index contributed by atoms with van der Waals surface area (Å²) in [6.07, 6.45) is 6.99. The fourth-order valence-electron chi connectivity index (χ4n) is 3.98. The molecule has 0 aliphatic carbocycles. The predicted octanol–water partition coefficient (Wildman–Crippen LogP) is 1.91. The van der Waals surface area contributed by atoms with E-state index in [1.165, 1.54) is 18.6 Å². The van der Waals surface area contributed by atoms with E-state index in [2.05, 4.69) is 0 Å². The summed E-state index contributed by atoms with van der Waals surface area (Å²) < 4.78 is 65.6. The number of amides is 2. The number of carbonyl (C=O) groups excluding carboxylic acids is 2. The van der Waals surface area contributed by atoms with E-state index in [1.54, 1.807) is 0 Å². The first kappa shape index (κ1) is 46.7. The van der Waals surface area contributed by atoms with Gasteiger partial charge >= 0.3 is 0 Å². The topological polar surface area (TPSA) is 148 Å². The smallest absolute Gasteiger partial charge is 0.253 e. The molecule has 50 heavy (non-hydrogen) atoms. The van der Waals surface area contributed by atoms with Crippen LogP contribution in [0.1, 0.15) is 25.7 Å². The van der Waals surface area contributed by atoms with Crippen LogP contribution in [-0.2, 0) is 66.4 Å². The summed E-state index contributed by atoms with van der Waals surface area (Å²) >= 11 is 5.65. The number of carbonyl (C=O) groups is 2. The monoisotopic (exact) mass is 743 g/mol. The molecule has 0 aromatic heterocycles. The van der Waals surface area contributed by atoms with Crippen molar-refractivity contribution in [3.8, 4) is 0 Å². The molecule has 0 saturated carbocycles. The molecule has 1 heterocycles. The molecule has 2 amide bonds. The third kappa shape index (κ3) is 32.6. The molecule has 1 aliphatic heterocycles. The highest BCUT2D eigenvalue weighted by Gasteiger charge is 2.22. The Labute approximate surface area is 303 Å². The lowest BCUT2D eigenvalue weighted by atomic mass is 10.2. The van der Waals surface area contributed by atoms with Crippen LogP contribution in [0, 0.1) is 0 Å². The van der Waals surface area contributed by atoms with Crippen molar-refractivity contribution < 1.29 is 66.4 Å². The number of halogens is 1. The molecular weight excluding hydrogens is 682 g/mol. The lowest BCUT2D eigenvalue weighted by Gasteiger charge is -2.13. The Morgan fingerprint density at radius 3 is 0.860 bits per heavy atom. The van der Waals surface area contributed by atoms with Gasteiger partial charge in [0, 0.05) is 24.6 Å². The SMILES string of the molecule is O=C1C=CC(=O)N1CCOCCOCCOCCOCCOCCOCCOCCOCCOCCOCCOCCOCCCCCCCl. The van der Waals surface area contributed by atoms with Crippen molar-refractivity contribution in [1.82, 2.24) is 4.90 Å². The Hall–Kier alpha value is -1.31. The van der Waals surface area contributed by atoms with Gasteiger partial charge in [0.25, 0.3) is 11.8 Å². The van der Waals surface area contributed by atoms with Crippen molar-refractivity contribution in [1.29, 1.82) is 0 Å². The number of imide groups is 1. The maximum atomic E-state index is 11.4. The van der Waals surface area contributed by atoms with Gasteiger partial charge in [-0.05, 0) is 12.8 Å².